The number of fused-ring (bicyclic) bond motifs is 3. The number of amidine groups is 1. The molecule has 1 aliphatic heterocycles. The molecule has 1 aromatic rings. The van der Waals surface area contributed by atoms with Crippen molar-refractivity contribution >= 4 is 34.4 Å². The van der Waals surface area contributed by atoms with Crippen molar-refractivity contribution in [3.05, 3.63) is 20.9 Å². The Bertz CT molecular complexity index is 471. The molecule has 0 bridgehead atoms. The van der Waals surface area contributed by atoms with E-state index in [0.29, 0.717) is 5.84 Å². The number of rotatable bonds is 0. The third kappa shape index (κ3) is 1.43. The van der Waals surface area contributed by atoms with E-state index in [4.69, 9.17) is 18.0 Å². The first-order valence-corrected chi connectivity index (χ1v) is 6.49. The van der Waals surface area contributed by atoms with Gasteiger partial charge in [0.15, 0.2) is 0 Å². The van der Waals surface area contributed by atoms with Crippen molar-refractivity contribution < 1.29 is 0 Å². The van der Waals surface area contributed by atoms with Crippen molar-refractivity contribution in [1.29, 1.82) is 0 Å². The van der Waals surface area contributed by atoms with Crippen LogP contribution in [0.2, 0.25) is 0 Å². The summed E-state index contributed by atoms with van der Waals surface area (Å²) < 4.78 is 0. The highest BCUT2D eigenvalue weighted by molar-refractivity contribution is 7.80. The first kappa shape index (κ1) is 9.48. The van der Waals surface area contributed by atoms with Gasteiger partial charge < -0.3 is 5.73 Å². The van der Waals surface area contributed by atoms with Gasteiger partial charge in [-0.3, -0.25) is 0 Å². The third-order valence-electron chi connectivity index (χ3n) is 3.06. The van der Waals surface area contributed by atoms with Crippen LogP contribution in [0.15, 0.2) is 4.99 Å². The van der Waals surface area contributed by atoms with E-state index in [1.807, 2.05) is 11.3 Å². The molecular weight excluding hydrogens is 224 g/mol. The van der Waals surface area contributed by atoms with Crippen LogP contribution in [-0.2, 0) is 19.3 Å². The zero-order valence-electron chi connectivity index (χ0n) is 8.38. The highest BCUT2D eigenvalue weighted by Gasteiger charge is 2.25. The molecule has 2 N–H and O–H groups in total. The summed E-state index contributed by atoms with van der Waals surface area (Å²) in [5.74, 6) is 0.653. The van der Waals surface area contributed by atoms with Gasteiger partial charge in [-0.15, -0.1) is 11.3 Å². The quantitative estimate of drug-likeness (QED) is 0.701. The fraction of sp³-hybridized carbons (Fsp3) is 0.455. The molecule has 1 aromatic heterocycles. The van der Waals surface area contributed by atoms with E-state index >= 15 is 0 Å². The fourth-order valence-corrected chi connectivity index (χ4v) is 4.16. The molecular formula is C11H12N2S2. The lowest BCUT2D eigenvalue weighted by Crippen LogP contribution is -2.23. The molecule has 0 saturated carbocycles. The summed E-state index contributed by atoms with van der Waals surface area (Å²) >= 11 is 7.04. The van der Waals surface area contributed by atoms with Crippen LogP contribution in [0, 0.1) is 0 Å². The van der Waals surface area contributed by atoms with Crippen molar-refractivity contribution in [3.63, 3.8) is 0 Å². The van der Waals surface area contributed by atoms with E-state index in [1.54, 1.807) is 0 Å². The van der Waals surface area contributed by atoms with Crippen LogP contribution in [0.1, 0.15) is 33.7 Å². The summed E-state index contributed by atoms with van der Waals surface area (Å²) in [6.45, 7) is 0. The second-order valence-electron chi connectivity index (χ2n) is 4.08. The van der Waals surface area contributed by atoms with E-state index in [0.717, 1.165) is 11.4 Å². The highest BCUT2D eigenvalue weighted by atomic mass is 32.1. The minimum Gasteiger partial charge on any atom is -0.383 e. The number of nitrogens with two attached hydrogens (primary N) is 1. The second-order valence-corrected chi connectivity index (χ2v) is 5.74. The maximum atomic E-state index is 5.97. The molecule has 2 nitrogen and oxygen atoms in total. The van der Waals surface area contributed by atoms with Crippen molar-refractivity contribution in [3.8, 4) is 0 Å². The van der Waals surface area contributed by atoms with Crippen molar-refractivity contribution in [2.45, 2.75) is 32.1 Å². The lowest BCUT2D eigenvalue weighted by atomic mass is 9.93. The normalized spacial score (nSPS) is 19.5. The first-order valence-electron chi connectivity index (χ1n) is 5.26. The van der Waals surface area contributed by atoms with Crippen LogP contribution in [-0.4, -0.2) is 10.8 Å². The summed E-state index contributed by atoms with van der Waals surface area (Å²) in [4.78, 5) is 7.84. The molecule has 0 spiro atoms. The molecule has 0 radical (unpaired) electrons. The maximum Gasteiger partial charge on any atom is 0.133 e. The number of hydrogen-bond donors (Lipinski definition) is 1. The SMILES string of the molecule is NC1=NC(=S)Cc2sc3c(c21)CCCC3. The number of nitrogens with zero attached hydrogens (tertiary/aromatic N) is 1. The lowest BCUT2D eigenvalue weighted by molar-refractivity contribution is 0.696. The molecule has 15 heavy (non-hydrogen) atoms. The molecule has 2 heterocycles. The lowest BCUT2D eigenvalue weighted by Gasteiger charge is -2.14. The van der Waals surface area contributed by atoms with Gasteiger partial charge in [0.25, 0.3) is 0 Å². The monoisotopic (exact) mass is 236 g/mol. The predicted molar refractivity (Wildman–Crippen MR) is 68.0 cm³/mol. The topological polar surface area (TPSA) is 38.4 Å². The number of aliphatic imine (C=N–C) groups is 1. The predicted octanol–water partition coefficient (Wildman–Crippen LogP) is 2.22. The van der Waals surface area contributed by atoms with E-state index in [2.05, 4.69) is 4.99 Å². The number of thiophene rings is 1. The van der Waals surface area contributed by atoms with Crippen LogP contribution in [0.4, 0.5) is 0 Å². The summed E-state index contributed by atoms with van der Waals surface area (Å²) in [5, 5.41) is 0. The van der Waals surface area contributed by atoms with E-state index in [-0.39, 0.29) is 0 Å². The largest absolute Gasteiger partial charge is 0.383 e. The van der Waals surface area contributed by atoms with Gasteiger partial charge in [-0.2, -0.15) is 0 Å². The Kier molecular flexibility index (Phi) is 2.14. The van der Waals surface area contributed by atoms with Crippen molar-refractivity contribution in [1.82, 2.24) is 0 Å². The third-order valence-corrected chi connectivity index (χ3v) is 4.58. The molecule has 2 aliphatic rings. The van der Waals surface area contributed by atoms with Crippen LogP contribution in [0.5, 0.6) is 0 Å². The standard InChI is InChI=1S/C11H12N2S2/c12-11-10-6-3-1-2-4-7(6)15-8(10)5-9(14)13-11/h1-5H2,(H2,12,13,14). The summed E-state index contributed by atoms with van der Waals surface area (Å²) in [5.41, 5.74) is 8.66. The molecule has 4 heteroatoms. The molecule has 0 unspecified atom stereocenters. The zero-order chi connectivity index (χ0) is 10.4. The Morgan fingerprint density at radius 2 is 2.00 bits per heavy atom. The molecule has 78 valence electrons. The maximum absolute atomic E-state index is 5.97. The van der Waals surface area contributed by atoms with Crippen LogP contribution in [0.3, 0.4) is 0 Å². The van der Waals surface area contributed by atoms with Crippen LogP contribution >= 0.6 is 23.6 Å². The van der Waals surface area contributed by atoms with Crippen molar-refractivity contribution in [2.75, 3.05) is 0 Å². The molecule has 0 atom stereocenters. The molecule has 1 aliphatic carbocycles. The zero-order valence-corrected chi connectivity index (χ0v) is 10.0. The Morgan fingerprint density at radius 1 is 1.20 bits per heavy atom. The van der Waals surface area contributed by atoms with E-state index in [9.17, 15) is 0 Å². The number of thiocarbonyl (C=S) groups is 1. The molecule has 0 amide bonds. The van der Waals surface area contributed by atoms with Gasteiger partial charge in [0.1, 0.15) is 10.8 Å². The van der Waals surface area contributed by atoms with E-state index in [1.165, 1.54) is 46.6 Å². The van der Waals surface area contributed by atoms with Gasteiger partial charge in [0, 0.05) is 21.7 Å². The average molecular weight is 236 g/mol. The van der Waals surface area contributed by atoms with Crippen molar-refractivity contribution in [2.24, 2.45) is 10.7 Å². The molecule has 0 fully saturated rings. The minimum atomic E-state index is 0.653. The molecule has 0 saturated heterocycles. The smallest absolute Gasteiger partial charge is 0.133 e. The Balaban J connectivity index is 2.19. The van der Waals surface area contributed by atoms with Gasteiger partial charge in [-0.05, 0) is 31.2 Å². The van der Waals surface area contributed by atoms with Crippen LogP contribution in [0.25, 0.3) is 0 Å². The Hall–Kier alpha value is -0.740. The van der Waals surface area contributed by atoms with Gasteiger partial charge in [0.2, 0.25) is 0 Å². The summed E-state index contributed by atoms with van der Waals surface area (Å²) in [6.07, 6.45) is 5.81. The van der Waals surface area contributed by atoms with Gasteiger partial charge in [-0.1, -0.05) is 12.2 Å². The van der Waals surface area contributed by atoms with Crippen LogP contribution < -0.4 is 5.73 Å². The molecule has 0 aromatic carbocycles. The Labute approximate surface area is 98.2 Å². The highest BCUT2D eigenvalue weighted by Crippen LogP contribution is 2.36. The van der Waals surface area contributed by atoms with E-state index < -0.39 is 0 Å². The average Bonchev–Trinajstić information content (AvgIpc) is 2.54. The summed E-state index contributed by atoms with van der Waals surface area (Å²) in [7, 11) is 0. The minimum absolute atomic E-state index is 0.653. The number of aryl methyl sites for hydroxylation is 1. The Morgan fingerprint density at radius 3 is 2.87 bits per heavy atom. The second kappa shape index (κ2) is 3.39. The first-order chi connectivity index (χ1) is 7.25. The van der Waals surface area contributed by atoms with Gasteiger partial charge >= 0.3 is 0 Å². The number of hydrogen-bond acceptors (Lipinski definition) is 3. The van der Waals surface area contributed by atoms with Gasteiger partial charge in [-0.25, -0.2) is 4.99 Å². The molecule has 3 rings (SSSR count). The summed E-state index contributed by atoms with van der Waals surface area (Å²) in [6, 6.07) is 0. The van der Waals surface area contributed by atoms with Gasteiger partial charge in [0.05, 0.1) is 0 Å². The fourth-order valence-electron chi connectivity index (χ4n) is 2.41.